The molecular weight excluding hydrogens is 556 g/mol. The predicted octanol–water partition coefficient (Wildman–Crippen LogP) is 5.09. The SMILES string of the molecule is Cc1c(C(=O)NCc2cnc(-c3ccc(CCCN4CCC4)cc3)s2)ccc2c1NC(=O)c1ccccc1S2(=O)=O. The quantitative estimate of drug-likeness (QED) is 0.298. The number of aromatic nitrogens is 1. The van der Waals surface area contributed by atoms with Gasteiger partial charge in [-0.25, -0.2) is 13.4 Å². The molecule has 3 aromatic carbocycles. The van der Waals surface area contributed by atoms with Gasteiger partial charge in [-0.2, -0.15) is 0 Å². The van der Waals surface area contributed by atoms with Crippen molar-refractivity contribution in [2.75, 3.05) is 25.0 Å². The number of thiazole rings is 1. The van der Waals surface area contributed by atoms with Gasteiger partial charge in [-0.05, 0) is 81.2 Å². The van der Waals surface area contributed by atoms with Crippen LogP contribution in [0.4, 0.5) is 5.69 Å². The van der Waals surface area contributed by atoms with Crippen LogP contribution in [0.15, 0.2) is 76.7 Å². The molecule has 2 aliphatic heterocycles. The fraction of sp³-hybridized carbons (Fsp3) is 0.258. The third-order valence-electron chi connectivity index (χ3n) is 7.69. The van der Waals surface area contributed by atoms with Gasteiger partial charge in [-0.15, -0.1) is 11.3 Å². The number of likely N-dealkylation sites (tertiary alicyclic amines) is 1. The summed E-state index contributed by atoms with van der Waals surface area (Å²) in [6.07, 6.45) is 5.31. The molecule has 4 aromatic rings. The minimum absolute atomic E-state index is 0.0286. The number of hydrogen-bond donors (Lipinski definition) is 2. The van der Waals surface area contributed by atoms with E-state index in [9.17, 15) is 18.0 Å². The molecule has 2 aliphatic rings. The molecule has 210 valence electrons. The lowest BCUT2D eigenvalue weighted by Gasteiger charge is -2.30. The van der Waals surface area contributed by atoms with E-state index >= 15 is 0 Å². The second-order valence-corrected chi connectivity index (χ2v) is 13.4. The van der Waals surface area contributed by atoms with Gasteiger partial charge < -0.3 is 15.5 Å². The van der Waals surface area contributed by atoms with Crippen molar-refractivity contribution in [1.29, 1.82) is 0 Å². The van der Waals surface area contributed by atoms with Crippen LogP contribution < -0.4 is 10.6 Å². The van der Waals surface area contributed by atoms with Crippen LogP contribution in [-0.2, 0) is 22.8 Å². The number of hydrogen-bond acceptors (Lipinski definition) is 7. The highest BCUT2D eigenvalue weighted by molar-refractivity contribution is 7.91. The molecule has 0 bridgehead atoms. The van der Waals surface area contributed by atoms with Gasteiger partial charge in [0.2, 0.25) is 9.84 Å². The third kappa shape index (κ3) is 5.42. The molecule has 1 saturated heterocycles. The lowest BCUT2D eigenvalue weighted by molar-refractivity contribution is 0.0949. The Hall–Kier alpha value is -3.86. The molecule has 6 rings (SSSR count). The average Bonchev–Trinajstić information content (AvgIpc) is 3.40. The maximum atomic E-state index is 13.3. The van der Waals surface area contributed by atoms with Crippen LogP contribution in [0.1, 0.15) is 49.6 Å². The zero-order chi connectivity index (χ0) is 28.6. The average molecular weight is 587 g/mol. The van der Waals surface area contributed by atoms with E-state index in [-0.39, 0.29) is 33.5 Å². The number of fused-ring (bicyclic) bond motifs is 2. The molecule has 2 amide bonds. The highest BCUT2D eigenvalue weighted by atomic mass is 32.2. The standard InChI is InChI=1S/C31H30N4O4S2/c1-20-24(13-14-27-28(20)34-30(37)25-7-2-3-8-26(25)41(27,38)39)29(36)32-18-23-19-33-31(40-23)22-11-9-21(10-12-22)6-4-15-35-16-5-17-35/h2-3,7-14,19H,4-6,15-18H2,1H3,(H,32,36)(H,34,37). The zero-order valence-electron chi connectivity index (χ0n) is 22.6. The number of rotatable bonds is 8. The van der Waals surface area contributed by atoms with Gasteiger partial charge >= 0.3 is 0 Å². The van der Waals surface area contributed by atoms with Crippen LogP contribution in [0, 0.1) is 6.92 Å². The van der Waals surface area contributed by atoms with Crippen LogP contribution in [0.5, 0.6) is 0 Å². The van der Waals surface area contributed by atoms with Crippen LogP contribution >= 0.6 is 11.3 Å². The number of aryl methyl sites for hydroxylation is 1. The van der Waals surface area contributed by atoms with Gasteiger partial charge in [0.1, 0.15) is 5.01 Å². The first-order valence-electron chi connectivity index (χ1n) is 13.6. The van der Waals surface area contributed by atoms with E-state index in [1.54, 1.807) is 25.3 Å². The number of anilines is 1. The van der Waals surface area contributed by atoms with Crippen molar-refractivity contribution in [3.63, 3.8) is 0 Å². The fourth-order valence-electron chi connectivity index (χ4n) is 5.21. The topological polar surface area (TPSA) is 108 Å². The van der Waals surface area contributed by atoms with Crippen molar-refractivity contribution in [2.45, 2.75) is 42.5 Å². The first kappa shape index (κ1) is 27.3. The lowest BCUT2D eigenvalue weighted by atomic mass is 10.1. The third-order valence-corrected chi connectivity index (χ3v) is 10.6. The van der Waals surface area contributed by atoms with Crippen LogP contribution in [0.25, 0.3) is 10.6 Å². The Morgan fingerprint density at radius 2 is 1.83 bits per heavy atom. The van der Waals surface area contributed by atoms with E-state index in [1.165, 1.54) is 67.1 Å². The van der Waals surface area contributed by atoms with Crippen molar-refractivity contribution in [3.8, 4) is 10.6 Å². The van der Waals surface area contributed by atoms with Gasteiger partial charge in [0.25, 0.3) is 11.8 Å². The summed E-state index contributed by atoms with van der Waals surface area (Å²) in [7, 11) is -3.95. The molecule has 0 spiro atoms. The predicted molar refractivity (Wildman–Crippen MR) is 159 cm³/mol. The highest BCUT2D eigenvalue weighted by Gasteiger charge is 2.33. The number of amides is 2. The van der Waals surface area contributed by atoms with Crippen LogP contribution in [-0.4, -0.2) is 49.8 Å². The van der Waals surface area contributed by atoms with E-state index in [0.717, 1.165) is 28.4 Å². The Balaban J connectivity index is 1.12. The Labute approximate surface area is 243 Å². The molecule has 3 heterocycles. The molecule has 1 fully saturated rings. The Morgan fingerprint density at radius 3 is 2.59 bits per heavy atom. The Kier molecular flexibility index (Phi) is 7.46. The molecule has 2 N–H and O–H groups in total. The molecule has 41 heavy (non-hydrogen) atoms. The Bertz CT molecular complexity index is 1740. The monoisotopic (exact) mass is 586 g/mol. The Morgan fingerprint density at radius 1 is 1.05 bits per heavy atom. The number of nitrogens with one attached hydrogen (secondary N) is 2. The van der Waals surface area contributed by atoms with Crippen molar-refractivity contribution >= 4 is 38.7 Å². The number of sulfone groups is 1. The van der Waals surface area contributed by atoms with Crippen LogP contribution in [0.2, 0.25) is 0 Å². The molecule has 1 aromatic heterocycles. The summed E-state index contributed by atoms with van der Waals surface area (Å²) < 4.78 is 26.7. The van der Waals surface area contributed by atoms with Crippen LogP contribution in [0.3, 0.4) is 0 Å². The van der Waals surface area contributed by atoms with Gasteiger partial charge in [0.15, 0.2) is 0 Å². The van der Waals surface area contributed by atoms with Gasteiger partial charge in [0, 0.05) is 22.2 Å². The maximum Gasteiger partial charge on any atom is 0.257 e. The number of carbonyl (C=O) groups excluding carboxylic acids is 2. The normalized spacial score (nSPS) is 15.7. The molecule has 0 unspecified atom stereocenters. The maximum absolute atomic E-state index is 13.3. The number of nitrogens with zero attached hydrogens (tertiary/aromatic N) is 2. The van der Waals surface area contributed by atoms with Gasteiger partial charge in [-0.1, -0.05) is 36.4 Å². The summed E-state index contributed by atoms with van der Waals surface area (Å²) in [5, 5.41) is 6.50. The molecule has 0 atom stereocenters. The molecular formula is C31H30N4O4S2. The number of benzene rings is 3. The molecule has 0 radical (unpaired) electrons. The minimum Gasteiger partial charge on any atom is -0.347 e. The summed E-state index contributed by atoms with van der Waals surface area (Å²) in [5.41, 5.74) is 3.25. The van der Waals surface area contributed by atoms with E-state index in [1.807, 2.05) is 0 Å². The largest absolute Gasteiger partial charge is 0.347 e. The van der Waals surface area contributed by atoms with E-state index in [0.29, 0.717) is 11.1 Å². The van der Waals surface area contributed by atoms with Crippen molar-refractivity contribution in [1.82, 2.24) is 15.2 Å². The molecule has 0 aliphatic carbocycles. The molecule has 0 saturated carbocycles. The minimum atomic E-state index is -3.95. The van der Waals surface area contributed by atoms with E-state index in [4.69, 9.17) is 0 Å². The van der Waals surface area contributed by atoms with Gasteiger partial charge in [-0.3, -0.25) is 9.59 Å². The summed E-state index contributed by atoms with van der Waals surface area (Å²) in [4.78, 5) is 33.8. The zero-order valence-corrected chi connectivity index (χ0v) is 24.3. The van der Waals surface area contributed by atoms with Crippen molar-refractivity contribution < 1.29 is 18.0 Å². The number of carbonyl (C=O) groups is 2. The van der Waals surface area contributed by atoms with Crippen molar-refractivity contribution in [3.05, 3.63) is 94.0 Å². The first-order chi connectivity index (χ1) is 19.8. The lowest BCUT2D eigenvalue weighted by Crippen LogP contribution is -2.37. The first-order valence-corrected chi connectivity index (χ1v) is 15.9. The second-order valence-electron chi connectivity index (χ2n) is 10.4. The molecule has 8 nitrogen and oxygen atoms in total. The smallest absolute Gasteiger partial charge is 0.257 e. The highest BCUT2D eigenvalue weighted by Crippen LogP contribution is 2.36. The summed E-state index contributed by atoms with van der Waals surface area (Å²) in [5.74, 6) is -0.892. The summed E-state index contributed by atoms with van der Waals surface area (Å²) >= 11 is 1.52. The van der Waals surface area contributed by atoms with Gasteiger partial charge in [0.05, 0.1) is 27.6 Å². The second kappa shape index (κ2) is 11.2. The molecule has 10 heteroatoms. The van der Waals surface area contributed by atoms with Crippen molar-refractivity contribution in [2.24, 2.45) is 0 Å². The summed E-state index contributed by atoms with van der Waals surface area (Å²) in [6, 6.07) is 17.5. The van der Waals surface area contributed by atoms with E-state index in [2.05, 4.69) is 44.8 Å². The van der Waals surface area contributed by atoms with E-state index < -0.39 is 15.7 Å². The fourth-order valence-corrected chi connectivity index (χ4v) is 7.73. The summed E-state index contributed by atoms with van der Waals surface area (Å²) in [6.45, 7) is 5.54.